The molecule has 4 heteroatoms. The second-order valence-corrected chi connectivity index (χ2v) is 6.44. The Hall–Kier alpha value is -0.930. The predicted molar refractivity (Wildman–Crippen MR) is 88.6 cm³/mol. The molecule has 0 bridgehead atoms. The van der Waals surface area contributed by atoms with E-state index in [1.54, 1.807) is 7.11 Å². The number of ether oxygens (including phenoxy) is 2. The smallest absolute Gasteiger partial charge is 0.143 e. The molecule has 3 atom stereocenters. The number of halogens is 1. The van der Waals surface area contributed by atoms with Crippen molar-refractivity contribution >= 4 is 17.3 Å². The first kappa shape index (κ1) is 16.4. The minimum absolute atomic E-state index is 0.161. The number of anilines is 1. The van der Waals surface area contributed by atoms with E-state index in [1.165, 1.54) is 0 Å². The number of rotatable bonds is 6. The van der Waals surface area contributed by atoms with Crippen LogP contribution in [0.1, 0.15) is 39.2 Å². The molecule has 21 heavy (non-hydrogen) atoms. The van der Waals surface area contributed by atoms with E-state index in [-0.39, 0.29) is 5.41 Å². The molecule has 0 amide bonds. The van der Waals surface area contributed by atoms with Crippen LogP contribution in [0.15, 0.2) is 12.1 Å². The Morgan fingerprint density at radius 1 is 1.38 bits per heavy atom. The Balaban J connectivity index is 2.17. The van der Waals surface area contributed by atoms with E-state index >= 15 is 0 Å². The van der Waals surface area contributed by atoms with Crippen molar-refractivity contribution in [3.8, 4) is 5.75 Å². The zero-order chi connectivity index (χ0) is 15.6. The van der Waals surface area contributed by atoms with E-state index in [0.29, 0.717) is 12.1 Å². The molecule has 0 aromatic heterocycles. The fourth-order valence-electron chi connectivity index (χ4n) is 3.11. The van der Waals surface area contributed by atoms with E-state index in [0.717, 1.165) is 41.5 Å². The minimum Gasteiger partial charge on any atom is -0.495 e. The summed E-state index contributed by atoms with van der Waals surface area (Å²) in [5.74, 6) is 0.795. The summed E-state index contributed by atoms with van der Waals surface area (Å²) in [5, 5.41) is 4.37. The van der Waals surface area contributed by atoms with Gasteiger partial charge in [-0.3, -0.25) is 0 Å². The van der Waals surface area contributed by atoms with Crippen molar-refractivity contribution in [2.24, 2.45) is 5.41 Å². The van der Waals surface area contributed by atoms with Crippen molar-refractivity contribution in [1.29, 1.82) is 0 Å². The highest BCUT2D eigenvalue weighted by molar-refractivity contribution is 6.31. The van der Waals surface area contributed by atoms with Gasteiger partial charge >= 0.3 is 0 Å². The summed E-state index contributed by atoms with van der Waals surface area (Å²) in [6, 6.07) is 4.33. The summed E-state index contributed by atoms with van der Waals surface area (Å²) in [7, 11) is 1.68. The third-order valence-corrected chi connectivity index (χ3v) is 5.33. The van der Waals surface area contributed by atoms with Gasteiger partial charge in [0.1, 0.15) is 5.75 Å². The van der Waals surface area contributed by atoms with Crippen molar-refractivity contribution in [3.05, 3.63) is 22.7 Å². The SMILES string of the molecule is CCOC1CC(Nc2cc(C)c(Cl)cc2OC)C1(C)CC. The van der Waals surface area contributed by atoms with Gasteiger partial charge in [0, 0.05) is 29.2 Å². The summed E-state index contributed by atoms with van der Waals surface area (Å²) in [6.45, 7) is 9.36. The molecular weight excluding hydrogens is 286 g/mol. The van der Waals surface area contributed by atoms with Gasteiger partial charge in [0.15, 0.2) is 0 Å². The lowest BCUT2D eigenvalue weighted by atomic mass is 9.61. The van der Waals surface area contributed by atoms with Crippen LogP contribution >= 0.6 is 11.6 Å². The molecule has 1 fully saturated rings. The maximum atomic E-state index is 6.17. The number of methoxy groups -OCH3 is 1. The van der Waals surface area contributed by atoms with Crippen LogP contribution < -0.4 is 10.1 Å². The lowest BCUT2D eigenvalue weighted by Crippen LogP contribution is -2.59. The molecule has 3 unspecified atom stereocenters. The molecule has 0 saturated heterocycles. The molecule has 0 heterocycles. The lowest BCUT2D eigenvalue weighted by Gasteiger charge is -2.54. The van der Waals surface area contributed by atoms with Gasteiger partial charge in [-0.1, -0.05) is 25.4 Å². The fraction of sp³-hybridized carbons (Fsp3) is 0.647. The third-order valence-electron chi connectivity index (χ3n) is 4.92. The average molecular weight is 312 g/mol. The van der Waals surface area contributed by atoms with Gasteiger partial charge in [0.2, 0.25) is 0 Å². The van der Waals surface area contributed by atoms with Crippen molar-refractivity contribution < 1.29 is 9.47 Å². The summed E-state index contributed by atoms with van der Waals surface area (Å²) in [6.07, 6.45) is 2.46. The standard InChI is InChI=1S/C17H26ClNO2/c1-6-17(4)15(10-16(17)21-7-2)19-13-8-11(3)12(18)9-14(13)20-5/h8-9,15-16,19H,6-7,10H2,1-5H3. The topological polar surface area (TPSA) is 30.5 Å². The molecule has 1 aliphatic rings. The average Bonchev–Trinajstić information content (AvgIpc) is 2.48. The summed E-state index contributed by atoms with van der Waals surface area (Å²) >= 11 is 6.17. The maximum Gasteiger partial charge on any atom is 0.143 e. The summed E-state index contributed by atoms with van der Waals surface area (Å²) < 4.78 is 11.3. The number of benzene rings is 1. The van der Waals surface area contributed by atoms with Crippen LogP contribution in [0.5, 0.6) is 5.75 Å². The molecule has 0 radical (unpaired) electrons. The third kappa shape index (κ3) is 3.00. The van der Waals surface area contributed by atoms with E-state index in [1.807, 2.05) is 13.0 Å². The second-order valence-electron chi connectivity index (χ2n) is 6.04. The van der Waals surface area contributed by atoms with Crippen LogP contribution in [0.4, 0.5) is 5.69 Å². The zero-order valence-electron chi connectivity index (χ0n) is 13.6. The number of aryl methyl sites for hydroxylation is 1. The Morgan fingerprint density at radius 2 is 2.10 bits per heavy atom. The molecule has 1 aromatic carbocycles. The highest BCUT2D eigenvalue weighted by Crippen LogP contribution is 2.48. The van der Waals surface area contributed by atoms with Gasteiger partial charge in [-0.05, 0) is 38.3 Å². The molecule has 0 aliphatic heterocycles. The van der Waals surface area contributed by atoms with Crippen molar-refractivity contribution in [1.82, 2.24) is 0 Å². The number of hydrogen-bond acceptors (Lipinski definition) is 3. The number of nitrogens with one attached hydrogen (secondary N) is 1. The van der Waals surface area contributed by atoms with Crippen molar-refractivity contribution in [2.45, 2.75) is 52.7 Å². The van der Waals surface area contributed by atoms with Crippen LogP contribution in [-0.2, 0) is 4.74 Å². The first-order chi connectivity index (χ1) is 9.96. The normalized spacial score (nSPS) is 28.1. The van der Waals surface area contributed by atoms with Gasteiger partial charge in [-0.25, -0.2) is 0 Å². The molecule has 1 aromatic rings. The molecule has 118 valence electrons. The Kier molecular flexibility index (Phi) is 5.05. The van der Waals surface area contributed by atoms with Gasteiger partial charge in [-0.15, -0.1) is 0 Å². The van der Waals surface area contributed by atoms with Crippen molar-refractivity contribution in [2.75, 3.05) is 19.0 Å². The molecular formula is C17H26ClNO2. The monoisotopic (exact) mass is 311 g/mol. The number of hydrogen-bond donors (Lipinski definition) is 1. The molecule has 2 rings (SSSR count). The Bertz CT molecular complexity index is 506. The zero-order valence-corrected chi connectivity index (χ0v) is 14.4. The molecule has 1 N–H and O–H groups in total. The van der Waals surface area contributed by atoms with Gasteiger partial charge in [0.05, 0.1) is 18.9 Å². The second kappa shape index (κ2) is 6.45. The highest BCUT2D eigenvalue weighted by atomic mass is 35.5. The van der Waals surface area contributed by atoms with Crippen LogP contribution in [-0.4, -0.2) is 25.9 Å². The molecule has 0 spiro atoms. The Labute approximate surface area is 133 Å². The van der Waals surface area contributed by atoms with Gasteiger partial charge in [0.25, 0.3) is 0 Å². The molecule has 1 saturated carbocycles. The van der Waals surface area contributed by atoms with E-state index in [2.05, 4.69) is 32.2 Å². The van der Waals surface area contributed by atoms with Crippen LogP contribution in [0.25, 0.3) is 0 Å². The molecule has 3 nitrogen and oxygen atoms in total. The Morgan fingerprint density at radius 3 is 2.67 bits per heavy atom. The van der Waals surface area contributed by atoms with Crippen molar-refractivity contribution in [3.63, 3.8) is 0 Å². The van der Waals surface area contributed by atoms with Gasteiger partial charge in [-0.2, -0.15) is 0 Å². The first-order valence-corrected chi connectivity index (χ1v) is 8.06. The van der Waals surface area contributed by atoms with Gasteiger partial charge < -0.3 is 14.8 Å². The maximum absolute atomic E-state index is 6.17. The lowest BCUT2D eigenvalue weighted by molar-refractivity contribution is -0.109. The fourth-order valence-corrected chi connectivity index (χ4v) is 3.26. The van der Waals surface area contributed by atoms with E-state index < -0.39 is 0 Å². The first-order valence-electron chi connectivity index (χ1n) is 7.68. The highest BCUT2D eigenvalue weighted by Gasteiger charge is 2.51. The largest absolute Gasteiger partial charge is 0.495 e. The van der Waals surface area contributed by atoms with E-state index in [9.17, 15) is 0 Å². The summed E-state index contributed by atoms with van der Waals surface area (Å²) in [4.78, 5) is 0. The molecule has 1 aliphatic carbocycles. The van der Waals surface area contributed by atoms with Crippen LogP contribution in [0, 0.1) is 12.3 Å². The van der Waals surface area contributed by atoms with E-state index in [4.69, 9.17) is 21.1 Å². The minimum atomic E-state index is 0.161. The summed E-state index contributed by atoms with van der Waals surface area (Å²) in [5.41, 5.74) is 2.23. The quantitative estimate of drug-likeness (QED) is 0.828. The van der Waals surface area contributed by atoms with Crippen LogP contribution in [0.2, 0.25) is 5.02 Å². The predicted octanol–water partition coefficient (Wildman–Crippen LogP) is 4.66. The van der Waals surface area contributed by atoms with Crippen LogP contribution in [0.3, 0.4) is 0 Å².